The number of hydrogen-bond acceptors (Lipinski definition) is 6. The minimum atomic E-state index is -0.828. The lowest BCUT2D eigenvalue weighted by Crippen LogP contribution is -2.31. The lowest BCUT2D eigenvalue weighted by Gasteiger charge is -2.24. The second kappa shape index (κ2) is 5.99. The third-order valence-electron chi connectivity index (χ3n) is 4.16. The van der Waals surface area contributed by atoms with E-state index < -0.39 is 11.6 Å². The molecule has 3 aromatic rings. The summed E-state index contributed by atoms with van der Waals surface area (Å²) in [6.07, 6.45) is 4.23. The Bertz CT molecular complexity index is 866. The molecule has 2 aromatic heterocycles. The smallest absolute Gasteiger partial charge is 0.221 e. The van der Waals surface area contributed by atoms with E-state index in [9.17, 15) is 8.78 Å². The highest BCUT2D eigenvalue weighted by molar-refractivity contribution is 5.63. The van der Waals surface area contributed by atoms with Gasteiger partial charge in [-0.3, -0.25) is 0 Å². The van der Waals surface area contributed by atoms with Gasteiger partial charge in [0.15, 0.2) is 17.5 Å². The summed E-state index contributed by atoms with van der Waals surface area (Å²) in [6.45, 7) is 2.92. The SMILES string of the molecule is Fc1ccc(N2CCCN(c3nccn4nnnc34)CC2)cc1F. The van der Waals surface area contributed by atoms with Crippen molar-refractivity contribution in [1.82, 2.24) is 25.0 Å². The number of hydrogen-bond donors (Lipinski definition) is 0. The molecular formula is C15H15F2N7. The highest BCUT2D eigenvalue weighted by Crippen LogP contribution is 2.22. The maximum absolute atomic E-state index is 13.5. The molecular weight excluding hydrogens is 316 g/mol. The first-order chi connectivity index (χ1) is 11.7. The Morgan fingerprint density at radius 3 is 2.67 bits per heavy atom. The number of aromatic nitrogens is 5. The van der Waals surface area contributed by atoms with E-state index in [0.717, 1.165) is 31.4 Å². The number of tetrazole rings is 1. The molecule has 3 heterocycles. The Labute approximate surface area is 136 Å². The third-order valence-corrected chi connectivity index (χ3v) is 4.16. The van der Waals surface area contributed by atoms with Gasteiger partial charge in [-0.25, -0.2) is 13.8 Å². The minimum absolute atomic E-state index is 0.610. The van der Waals surface area contributed by atoms with Crippen LogP contribution in [0.25, 0.3) is 5.65 Å². The molecule has 0 radical (unpaired) electrons. The average molecular weight is 331 g/mol. The van der Waals surface area contributed by atoms with Crippen LogP contribution < -0.4 is 9.80 Å². The van der Waals surface area contributed by atoms with Gasteiger partial charge in [0.2, 0.25) is 5.65 Å². The van der Waals surface area contributed by atoms with Crippen molar-refractivity contribution in [2.24, 2.45) is 0 Å². The molecule has 124 valence electrons. The van der Waals surface area contributed by atoms with E-state index in [0.29, 0.717) is 24.4 Å². The van der Waals surface area contributed by atoms with Crippen LogP contribution in [-0.2, 0) is 0 Å². The number of anilines is 2. The largest absolute Gasteiger partial charge is 0.370 e. The number of fused-ring (bicyclic) bond motifs is 1. The van der Waals surface area contributed by atoms with E-state index in [-0.39, 0.29) is 0 Å². The summed E-state index contributed by atoms with van der Waals surface area (Å²) in [7, 11) is 0. The molecule has 1 aliphatic heterocycles. The first-order valence-corrected chi connectivity index (χ1v) is 7.70. The van der Waals surface area contributed by atoms with Gasteiger partial charge in [0.1, 0.15) is 0 Å². The molecule has 0 atom stereocenters. The summed E-state index contributed by atoms with van der Waals surface area (Å²) >= 11 is 0. The van der Waals surface area contributed by atoms with E-state index in [2.05, 4.69) is 25.4 Å². The fraction of sp³-hybridized carbons (Fsp3) is 0.333. The summed E-state index contributed by atoms with van der Waals surface area (Å²) in [4.78, 5) is 8.57. The van der Waals surface area contributed by atoms with Gasteiger partial charge in [0, 0.05) is 44.1 Å². The van der Waals surface area contributed by atoms with Gasteiger partial charge in [0.25, 0.3) is 0 Å². The van der Waals surface area contributed by atoms with Gasteiger partial charge in [-0.1, -0.05) is 0 Å². The molecule has 1 saturated heterocycles. The van der Waals surface area contributed by atoms with E-state index in [1.165, 1.54) is 6.07 Å². The van der Waals surface area contributed by atoms with Crippen LogP contribution in [0, 0.1) is 11.6 Å². The molecule has 4 rings (SSSR count). The predicted octanol–water partition coefficient (Wildman–Crippen LogP) is 1.51. The van der Waals surface area contributed by atoms with Gasteiger partial charge in [-0.05, 0) is 29.0 Å². The van der Waals surface area contributed by atoms with Crippen LogP contribution >= 0.6 is 0 Å². The lowest BCUT2D eigenvalue weighted by molar-refractivity contribution is 0.508. The van der Waals surface area contributed by atoms with Gasteiger partial charge in [0.05, 0.1) is 6.20 Å². The number of benzene rings is 1. The molecule has 0 amide bonds. The van der Waals surface area contributed by atoms with Crippen LogP contribution in [0.1, 0.15) is 6.42 Å². The van der Waals surface area contributed by atoms with Crippen LogP contribution in [0.3, 0.4) is 0 Å². The summed E-state index contributed by atoms with van der Waals surface area (Å²) < 4.78 is 28.2. The monoisotopic (exact) mass is 331 g/mol. The normalized spacial score (nSPS) is 15.8. The van der Waals surface area contributed by atoms with Gasteiger partial charge < -0.3 is 9.80 Å². The standard InChI is InChI=1S/C15H15F2N7/c16-12-3-2-11(10-13(12)17)22-5-1-6-23(9-8-22)14-15-19-20-21-24(15)7-4-18-14/h2-4,7,10H,1,5-6,8-9H2. The molecule has 0 spiro atoms. The molecule has 24 heavy (non-hydrogen) atoms. The second-order valence-corrected chi connectivity index (χ2v) is 5.62. The van der Waals surface area contributed by atoms with Crippen LogP contribution in [0.4, 0.5) is 20.3 Å². The van der Waals surface area contributed by atoms with Gasteiger partial charge in [-0.15, -0.1) is 5.10 Å². The van der Waals surface area contributed by atoms with Crippen LogP contribution in [0.15, 0.2) is 30.6 Å². The van der Waals surface area contributed by atoms with Crippen molar-refractivity contribution in [3.63, 3.8) is 0 Å². The van der Waals surface area contributed by atoms with E-state index >= 15 is 0 Å². The maximum atomic E-state index is 13.5. The molecule has 9 heteroatoms. The van der Waals surface area contributed by atoms with Crippen LogP contribution in [0.5, 0.6) is 0 Å². The van der Waals surface area contributed by atoms with Crippen molar-refractivity contribution in [3.05, 3.63) is 42.2 Å². The summed E-state index contributed by atoms with van der Waals surface area (Å²) in [5.41, 5.74) is 1.30. The van der Waals surface area contributed by atoms with Crippen LogP contribution in [0.2, 0.25) is 0 Å². The van der Waals surface area contributed by atoms with Crippen molar-refractivity contribution in [2.45, 2.75) is 6.42 Å². The highest BCUT2D eigenvalue weighted by Gasteiger charge is 2.20. The quantitative estimate of drug-likeness (QED) is 0.709. The first-order valence-electron chi connectivity index (χ1n) is 7.70. The Hall–Kier alpha value is -2.84. The summed E-state index contributed by atoms with van der Waals surface area (Å²) in [5.74, 6) is -0.922. The first kappa shape index (κ1) is 14.7. The Morgan fingerprint density at radius 1 is 0.958 bits per heavy atom. The van der Waals surface area contributed by atoms with E-state index in [1.807, 2.05) is 4.90 Å². The molecule has 1 aliphatic rings. The summed E-state index contributed by atoms with van der Waals surface area (Å²) in [5, 5.41) is 11.6. The topological polar surface area (TPSA) is 62.5 Å². The van der Waals surface area contributed by atoms with Crippen molar-refractivity contribution in [2.75, 3.05) is 36.0 Å². The predicted molar refractivity (Wildman–Crippen MR) is 84.0 cm³/mol. The Kier molecular flexibility index (Phi) is 3.68. The van der Waals surface area contributed by atoms with Crippen molar-refractivity contribution >= 4 is 17.2 Å². The molecule has 7 nitrogen and oxygen atoms in total. The molecule has 0 unspecified atom stereocenters. The van der Waals surface area contributed by atoms with Crippen molar-refractivity contribution in [1.29, 1.82) is 0 Å². The van der Waals surface area contributed by atoms with Gasteiger partial charge in [-0.2, -0.15) is 4.52 Å². The number of halogens is 2. The van der Waals surface area contributed by atoms with Crippen LogP contribution in [-0.4, -0.2) is 51.2 Å². The van der Waals surface area contributed by atoms with Crippen molar-refractivity contribution in [3.8, 4) is 0 Å². The lowest BCUT2D eigenvalue weighted by atomic mass is 10.2. The van der Waals surface area contributed by atoms with Crippen molar-refractivity contribution < 1.29 is 8.78 Å². The molecule has 0 saturated carbocycles. The highest BCUT2D eigenvalue weighted by atomic mass is 19.2. The minimum Gasteiger partial charge on any atom is -0.370 e. The average Bonchev–Trinajstić information content (AvgIpc) is 2.94. The van der Waals surface area contributed by atoms with Gasteiger partial charge >= 0.3 is 0 Å². The summed E-state index contributed by atoms with van der Waals surface area (Å²) in [6, 6.07) is 4.01. The third kappa shape index (κ3) is 2.61. The number of rotatable bonds is 2. The zero-order valence-electron chi connectivity index (χ0n) is 12.8. The van der Waals surface area contributed by atoms with E-state index in [1.54, 1.807) is 23.0 Å². The molecule has 0 bridgehead atoms. The number of nitrogens with zero attached hydrogens (tertiary/aromatic N) is 7. The molecule has 0 aliphatic carbocycles. The second-order valence-electron chi connectivity index (χ2n) is 5.62. The molecule has 0 N–H and O–H groups in total. The molecule has 1 aromatic carbocycles. The molecule has 1 fully saturated rings. The Balaban J connectivity index is 1.56. The fourth-order valence-electron chi connectivity index (χ4n) is 2.96. The zero-order valence-corrected chi connectivity index (χ0v) is 12.8. The zero-order chi connectivity index (χ0) is 16.5. The van der Waals surface area contributed by atoms with E-state index in [4.69, 9.17) is 0 Å². The Morgan fingerprint density at radius 2 is 1.79 bits per heavy atom. The fourth-order valence-corrected chi connectivity index (χ4v) is 2.96. The maximum Gasteiger partial charge on any atom is 0.221 e.